The number of amides is 1. The van der Waals surface area contributed by atoms with Gasteiger partial charge in [-0.1, -0.05) is 71.5 Å². The zero-order valence-electron chi connectivity index (χ0n) is 15.8. The normalized spacial score (nSPS) is 16.7. The SMILES string of the molecule is Cc1nnc(N2C(=O)C(O)=C(C(=O)/C=C/c3ccccc3)C2c2ccc(Cl)cc2)s1. The Balaban J connectivity index is 1.78. The molecule has 2 heterocycles. The number of hydrogen-bond acceptors (Lipinski definition) is 6. The van der Waals surface area contributed by atoms with Gasteiger partial charge in [-0.3, -0.25) is 14.5 Å². The Labute approximate surface area is 181 Å². The summed E-state index contributed by atoms with van der Waals surface area (Å²) in [5.41, 5.74) is 1.44. The summed E-state index contributed by atoms with van der Waals surface area (Å²) < 4.78 is 0. The van der Waals surface area contributed by atoms with Crippen LogP contribution in [0.4, 0.5) is 5.13 Å². The van der Waals surface area contributed by atoms with Gasteiger partial charge in [0.25, 0.3) is 5.91 Å². The average Bonchev–Trinajstić information content (AvgIpc) is 3.28. The highest BCUT2D eigenvalue weighted by molar-refractivity contribution is 7.15. The van der Waals surface area contributed by atoms with E-state index in [9.17, 15) is 14.7 Å². The molecule has 1 aromatic heterocycles. The van der Waals surface area contributed by atoms with Crippen LogP contribution in [-0.4, -0.2) is 27.0 Å². The van der Waals surface area contributed by atoms with Gasteiger partial charge in [0.05, 0.1) is 11.6 Å². The van der Waals surface area contributed by atoms with Crippen LogP contribution in [0.3, 0.4) is 0 Å². The Morgan fingerprint density at radius 1 is 1.13 bits per heavy atom. The molecular formula is C22H16ClN3O3S. The van der Waals surface area contributed by atoms with Crippen LogP contribution in [0.5, 0.6) is 0 Å². The number of carbonyl (C=O) groups excluding carboxylic acids is 2. The number of allylic oxidation sites excluding steroid dienone is 1. The zero-order chi connectivity index (χ0) is 21.3. The molecule has 0 spiro atoms. The molecule has 150 valence electrons. The van der Waals surface area contributed by atoms with Crippen LogP contribution >= 0.6 is 22.9 Å². The van der Waals surface area contributed by atoms with E-state index in [0.717, 1.165) is 5.56 Å². The van der Waals surface area contributed by atoms with Crippen molar-refractivity contribution in [2.24, 2.45) is 0 Å². The number of anilines is 1. The Kier molecular flexibility index (Phi) is 5.48. The molecule has 3 aromatic rings. The van der Waals surface area contributed by atoms with Crippen LogP contribution in [0.15, 0.2) is 72.0 Å². The van der Waals surface area contributed by atoms with Gasteiger partial charge in [-0.05, 0) is 36.3 Å². The molecular weight excluding hydrogens is 422 g/mol. The highest BCUT2D eigenvalue weighted by Gasteiger charge is 2.45. The van der Waals surface area contributed by atoms with E-state index in [1.807, 2.05) is 30.3 Å². The van der Waals surface area contributed by atoms with Gasteiger partial charge < -0.3 is 5.11 Å². The summed E-state index contributed by atoms with van der Waals surface area (Å²) in [5, 5.41) is 20.1. The maximum absolute atomic E-state index is 13.1. The number of halogens is 1. The van der Waals surface area contributed by atoms with E-state index in [-0.39, 0.29) is 5.57 Å². The first-order chi connectivity index (χ1) is 14.5. The molecule has 0 aliphatic carbocycles. The Morgan fingerprint density at radius 3 is 2.47 bits per heavy atom. The molecule has 1 atom stereocenters. The second-order valence-corrected chi connectivity index (χ2v) is 8.20. The molecule has 1 N–H and O–H groups in total. The molecule has 1 aliphatic heterocycles. The molecule has 0 radical (unpaired) electrons. The minimum atomic E-state index is -0.838. The van der Waals surface area contributed by atoms with Crippen molar-refractivity contribution in [2.45, 2.75) is 13.0 Å². The van der Waals surface area contributed by atoms with Crippen LogP contribution in [0.1, 0.15) is 22.2 Å². The summed E-state index contributed by atoms with van der Waals surface area (Å²) in [4.78, 5) is 27.3. The van der Waals surface area contributed by atoms with Crippen LogP contribution in [0.25, 0.3) is 6.08 Å². The Morgan fingerprint density at radius 2 is 1.83 bits per heavy atom. The van der Waals surface area contributed by atoms with Crippen LogP contribution < -0.4 is 4.90 Å². The predicted octanol–water partition coefficient (Wildman–Crippen LogP) is 4.68. The van der Waals surface area contributed by atoms with Gasteiger partial charge in [-0.25, -0.2) is 0 Å². The number of aryl methyl sites for hydroxylation is 1. The zero-order valence-corrected chi connectivity index (χ0v) is 17.4. The topological polar surface area (TPSA) is 83.4 Å². The molecule has 1 unspecified atom stereocenters. The van der Waals surface area contributed by atoms with Crippen molar-refractivity contribution >= 4 is 45.8 Å². The number of aromatic nitrogens is 2. The minimum Gasteiger partial charge on any atom is -0.503 e. The van der Waals surface area contributed by atoms with Gasteiger partial charge in [0, 0.05) is 5.02 Å². The van der Waals surface area contributed by atoms with E-state index in [1.165, 1.54) is 22.3 Å². The van der Waals surface area contributed by atoms with E-state index in [1.54, 1.807) is 37.3 Å². The Bertz CT molecular complexity index is 1170. The number of benzene rings is 2. The van der Waals surface area contributed by atoms with Crippen molar-refractivity contribution in [3.05, 3.63) is 93.2 Å². The van der Waals surface area contributed by atoms with E-state index in [2.05, 4.69) is 10.2 Å². The van der Waals surface area contributed by atoms with E-state index in [0.29, 0.717) is 20.7 Å². The van der Waals surface area contributed by atoms with E-state index < -0.39 is 23.5 Å². The fourth-order valence-electron chi connectivity index (χ4n) is 3.22. The van der Waals surface area contributed by atoms with Gasteiger partial charge in [0.1, 0.15) is 5.01 Å². The van der Waals surface area contributed by atoms with Crippen molar-refractivity contribution in [1.82, 2.24) is 10.2 Å². The van der Waals surface area contributed by atoms with Gasteiger partial charge in [0.15, 0.2) is 11.5 Å². The van der Waals surface area contributed by atoms with Gasteiger partial charge >= 0.3 is 0 Å². The summed E-state index contributed by atoms with van der Waals surface area (Å²) >= 11 is 7.21. The molecule has 0 fully saturated rings. The number of rotatable bonds is 5. The Hall–Kier alpha value is -3.29. The summed E-state index contributed by atoms with van der Waals surface area (Å²) in [6.07, 6.45) is 3.00. The molecule has 1 amide bonds. The summed E-state index contributed by atoms with van der Waals surface area (Å²) in [6.45, 7) is 1.76. The first-order valence-electron chi connectivity index (χ1n) is 9.05. The molecule has 8 heteroatoms. The van der Waals surface area contributed by atoms with Gasteiger partial charge in [-0.15, -0.1) is 10.2 Å². The fourth-order valence-corrected chi connectivity index (χ4v) is 4.06. The highest BCUT2D eigenvalue weighted by Crippen LogP contribution is 2.42. The highest BCUT2D eigenvalue weighted by atomic mass is 35.5. The fraction of sp³-hybridized carbons (Fsp3) is 0.0909. The minimum absolute atomic E-state index is 0.0117. The molecule has 4 rings (SSSR count). The molecule has 1 aliphatic rings. The largest absolute Gasteiger partial charge is 0.503 e. The lowest BCUT2D eigenvalue weighted by Gasteiger charge is -2.23. The summed E-state index contributed by atoms with van der Waals surface area (Å²) in [5.74, 6) is -1.75. The molecule has 0 saturated heterocycles. The van der Waals surface area contributed by atoms with Gasteiger partial charge in [-0.2, -0.15) is 0 Å². The number of aliphatic hydroxyl groups excluding tert-OH is 1. The van der Waals surface area contributed by atoms with Crippen molar-refractivity contribution in [2.75, 3.05) is 4.90 Å². The quantitative estimate of drug-likeness (QED) is 0.586. The molecule has 0 saturated carbocycles. The lowest BCUT2D eigenvalue weighted by Crippen LogP contribution is -2.30. The van der Waals surface area contributed by atoms with E-state index >= 15 is 0 Å². The maximum Gasteiger partial charge on any atom is 0.296 e. The van der Waals surface area contributed by atoms with Gasteiger partial charge in [0.2, 0.25) is 5.13 Å². The first kappa shape index (κ1) is 20.0. The third kappa shape index (κ3) is 3.77. The molecule has 2 aromatic carbocycles. The summed E-state index contributed by atoms with van der Waals surface area (Å²) in [6, 6.07) is 15.2. The van der Waals surface area contributed by atoms with Crippen LogP contribution in [0, 0.1) is 6.92 Å². The standard InChI is InChI=1S/C22H16ClN3O3S/c1-13-24-25-22(30-13)26-19(15-8-10-16(23)11-9-15)18(20(28)21(26)29)17(27)12-7-14-5-3-2-4-6-14/h2-12,19,28H,1H3/b12-7+. The van der Waals surface area contributed by atoms with Crippen molar-refractivity contribution in [3.63, 3.8) is 0 Å². The van der Waals surface area contributed by atoms with Crippen molar-refractivity contribution in [1.29, 1.82) is 0 Å². The third-order valence-corrected chi connectivity index (χ3v) is 5.70. The van der Waals surface area contributed by atoms with E-state index in [4.69, 9.17) is 11.6 Å². The lowest BCUT2D eigenvalue weighted by atomic mass is 9.96. The van der Waals surface area contributed by atoms with Crippen molar-refractivity contribution < 1.29 is 14.7 Å². The average molecular weight is 438 g/mol. The van der Waals surface area contributed by atoms with Crippen molar-refractivity contribution in [3.8, 4) is 0 Å². The number of nitrogens with zero attached hydrogens (tertiary/aromatic N) is 3. The first-order valence-corrected chi connectivity index (χ1v) is 10.2. The predicted molar refractivity (Wildman–Crippen MR) is 116 cm³/mol. The van der Waals surface area contributed by atoms with Crippen LogP contribution in [0.2, 0.25) is 5.02 Å². The number of ketones is 1. The second kappa shape index (κ2) is 8.22. The molecule has 30 heavy (non-hydrogen) atoms. The third-order valence-electron chi connectivity index (χ3n) is 4.61. The second-order valence-electron chi connectivity index (χ2n) is 6.60. The number of hydrogen-bond donors (Lipinski definition) is 1. The number of carbonyl (C=O) groups is 2. The number of aliphatic hydroxyl groups is 1. The van der Waals surface area contributed by atoms with Crippen LogP contribution in [-0.2, 0) is 9.59 Å². The summed E-state index contributed by atoms with van der Waals surface area (Å²) in [7, 11) is 0. The molecule has 0 bridgehead atoms. The molecule has 6 nitrogen and oxygen atoms in total. The maximum atomic E-state index is 13.1. The monoisotopic (exact) mass is 437 g/mol. The smallest absolute Gasteiger partial charge is 0.296 e. The lowest BCUT2D eigenvalue weighted by molar-refractivity contribution is -0.117.